The van der Waals surface area contributed by atoms with E-state index < -0.39 is 0 Å². The highest BCUT2D eigenvalue weighted by Crippen LogP contribution is 2.81. The lowest BCUT2D eigenvalue weighted by Crippen LogP contribution is -2.68. The molecule has 0 bridgehead atoms. The van der Waals surface area contributed by atoms with Crippen LogP contribution in [0.1, 0.15) is 0 Å². The Labute approximate surface area is 471 Å². The van der Waals surface area contributed by atoms with Crippen LogP contribution in [0.25, 0.3) is 0 Å². The van der Waals surface area contributed by atoms with Gasteiger partial charge in [-0.1, -0.05) is 474 Å². The van der Waals surface area contributed by atoms with E-state index in [-0.39, 0.29) is 10.9 Å². The molecule has 0 aliphatic rings. The van der Waals surface area contributed by atoms with Crippen LogP contribution in [0.3, 0.4) is 0 Å². The standard InChI is InChI=1S/C10I21/c11-1(12)2(13,14)3(15,16)4(17,18)5(19,20)6(21,22)7(23,24)8(25,26)9(27,28)10(29,30)31. The van der Waals surface area contributed by atoms with Gasteiger partial charge in [-0.25, -0.2) is 0 Å². The Morgan fingerprint density at radius 3 is 0.677 bits per heavy atom. The first kappa shape index (κ1) is 46.3. The molecule has 21 heteroatoms. The summed E-state index contributed by atoms with van der Waals surface area (Å²) in [5.41, 5.74) is 0. The van der Waals surface area contributed by atoms with Crippen LogP contribution in [0.4, 0.5) is 0 Å². The Morgan fingerprint density at radius 1 is 0.290 bits per heavy atom. The van der Waals surface area contributed by atoms with Crippen molar-refractivity contribution in [1.82, 2.24) is 0 Å². The molecule has 0 nitrogen and oxygen atoms in total. The normalized spacial score (nSPS) is 16.8. The third-order valence-electron chi connectivity index (χ3n) is 3.35. The van der Waals surface area contributed by atoms with Gasteiger partial charge >= 0.3 is 0 Å². The molecular formula is C10I21. The van der Waals surface area contributed by atoms with Gasteiger partial charge in [-0.05, 0) is 0 Å². The topological polar surface area (TPSA) is 0 Å². The quantitative estimate of drug-likeness (QED) is 0.159. The summed E-state index contributed by atoms with van der Waals surface area (Å²) < 4.78 is 0.975. The van der Waals surface area contributed by atoms with E-state index in [1.807, 2.05) is 0 Å². The van der Waals surface area contributed by atoms with Crippen molar-refractivity contribution in [2.45, 2.75) is 10.9 Å². The zero-order valence-electron chi connectivity index (χ0n) is 12.9. The Kier molecular flexibility index (Phi) is 25.4. The first-order valence-electron chi connectivity index (χ1n) is 6.22. The fourth-order valence-corrected chi connectivity index (χ4v) is 32.1. The zero-order chi connectivity index (χ0) is 26.1. The molecule has 0 aliphatic carbocycles. The smallest absolute Gasteiger partial charge is 0.0623 e. The highest BCUT2D eigenvalue weighted by Gasteiger charge is 2.78. The van der Waals surface area contributed by atoms with Crippen molar-refractivity contribution >= 4 is 474 Å². The largest absolute Gasteiger partial charge is 0.149 e. The van der Waals surface area contributed by atoms with E-state index >= 15 is 0 Å². The van der Waals surface area contributed by atoms with Gasteiger partial charge in [0.2, 0.25) is 0 Å². The van der Waals surface area contributed by atoms with Gasteiger partial charge in [-0.2, -0.15) is 0 Å². The maximum atomic E-state index is 2.77. The second-order valence-electron chi connectivity index (χ2n) is 5.35. The summed E-state index contributed by atoms with van der Waals surface area (Å²) in [6.45, 7) is 0. The van der Waals surface area contributed by atoms with Crippen molar-refractivity contribution in [3.8, 4) is 0 Å². The molecule has 187 valence electrons. The van der Waals surface area contributed by atoms with Gasteiger partial charge in [0, 0.05) is 0 Å². The Balaban J connectivity index is 6.91. The molecule has 0 saturated heterocycles. The lowest BCUT2D eigenvalue weighted by atomic mass is 10.1. The minimum Gasteiger partial charge on any atom is -0.0623 e. The predicted molar refractivity (Wildman–Crippen MR) is 322 cm³/mol. The van der Waals surface area contributed by atoms with Crippen LogP contribution >= 0.6 is 474 Å². The Bertz CT molecular complexity index is 650. The summed E-state index contributed by atoms with van der Waals surface area (Å²) in [7, 11) is 0. The van der Waals surface area contributed by atoms with Crippen molar-refractivity contribution in [3.63, 3.8) is 0 Å². The van der Waals surface area contributed by atoms with Gasteiger partial charge in [0.05, 0.1) is 0 Å². The molecular weight excluding hydrogens is 2790 g/mol. The molecule has 0 unspecified atom stereocenters. The average molecular weight is 2790 g/mol. The molecule has 0 fully saturated rings. The molecule has 0 rings (SSSR count). The first-order chi connectivity index (χ1) is 12.9. The molecule has 0 aromatic carbocycles. The van der Waals surface area contributed by atoms with Gasteiger partial charge in [0.1, 0.15) is 12.8 Å². The van der Waals surface area contributed by atoms with Gasteiger partial charge in [0.25, 0.3) is 0 Å². The van der Waals surface area contributed by atoms with Crippen LogP contribution in [0, 0.1) is 1.93 Å². The first-order valence-corrected chi connectivity index (χ1v) is 28.9. The summed E-state index contributed by atoms with van der Waals surface area (Å²) in [6, 6.07) is 0. The maximum Gasteiger partial charge on any atom is 0.149 e. The molecule has 31 heavy (non-hydrogen) atoms. The van der Waals surface area contributed by atoms with Crippen LogP contribution in [0.5, 0.6) is 0 Å². The van der Waals surface area contributed by atoms with E-state index in [1.165, 1.54) is 1.93 Å². The van der Waals surface area contributed by atoms with Crippen LogP contribution in [-0.2, 0) is 0 Å². The van der Waals surface area contributed by atoms with Crippen LogP contribution in [0.15, 0.2) is 0 Å². The third-order valence-corrected chi connectivity index (χ3v) is 72.0. The van der Waals surface area contributed by atoms with Crippen LogP contribution < -0.4 is 0 Å². The van der Waals surface area contributed by atoms with Crippen LogP contribution in [-0.4, -0.2) is 10.9 Å². The lowest BCUT2D eigenvalue weighted by Gasteiger charge is -2.59. The van der Waals surface area contributed by atoms with E-state index in [9.17, 15) is 0 Å². The molecule has 0 atom stereocenters. The molecule has 0 aromatic heterocycles. The summed E-state index contributed by atoms with van der Waals surface area (Å²) in [5.74, 6) is 0. The fourth-order valence-electron chi connectivity index (χ4n) is 1.48. The summed E-state index contributed by atoms with van der Waals surface area (Å²) in [5, 5.41) is 0. The molecule has 0 aromatic rings. The third kappa shape index (κ3) is 9.77. The summed E-state index contributed by atoms with van der Waals surface area (Å²) in [4.78, 5) is 0. The average Bonchev–Trinajstić information content (AvgIpc) is 2.52. The maximum absolute atomic E-state index is 2.77. The van der Waals surface area contributed by atoms with Gasteiger partial charge in [-0.3, -0.25) is 0 Å². The van der Waals surface area contributed by atoms with E-state index in [0.29, 0.717) is 0 Å². The summed E-state index contributed by atoms with van der Waals surface area (Å²) in [6.07, 6.45) is 0. The minimum absolute atomic E-state index is 0.00174. The van der Waals surface area contributed by atoms with E-state index in [0.717, 1.165) is 0 Å². The zero-order valence-corrected chi connectivity index (χ0v) is 58.2. The van der Waals surface area contributed by atoms with Crippen molar-refractivity contribution < 1.29 is 0 Å². The van der Waals surface area contributed by atoms with Crippen molar-refractivity contribution in [2.75, 3.05) is 0 Å². The predicted octanol–water partition coefficient (Wildman–Crippen LogP) is 16.8. The Morgan fingerprint density at radius 2 is 0.484 bits per heavy atom. The highest BCUT2D eigenvalue weighted by atomic mass is 127. The Hall–Kier alpha value is 15.3. The number of rotatable bonds is 9. The number of hydrogen-bond donors (Lipinski definition) is 0. The molecule has 0 N–H and O–H groups in total. The van der Waals surface area contributed by atoms with Gasteiger partial charge < -0.3 is 0 Å². The molecule has 0 heterocycles. The van der Waals surface area contributed by atoms with Crippen molar-refractivity contribution in [2.24, 2.45) is 0 Å². The molecule has 0 spiro atoms. The van der Waals surface area contributed by atoms with Gasteiger partial charge in [-0.15, -0.1) is 0 Å². The highest BCUT2D eigenvalue weighted by molar-refractivity contribution is 14.3. The van der Waals surface area contributed by atoms with E-state index in [2.05, 4.69) is 474 Å². The van der Waals surface area contributed by atoms with E-state index in [4.69, 9.17) is 0 Å². The monoisotopic (exact) mass is 2780 g/mol. The van der Waals surface area contributed by atoms with Crippen molar-refractivity contribution in [1.29, 1.82) is 0 Å². The minimum atomic E-state index is -0.0963. The summed E-state index contributed by atoms with van der Waals surface area (Å²) >= 11 is 56.5. The molecule has 0 saturated carbocycles. The SMILES string of the molecule is I[C](I)C(I)(I)C(I)(I)C(I)(I)C(I)(I)C(I)(I)C(I)(I)C(I)(I)C(I)(I)C(I)(I)I. The van der Waals surface area contributed by atoms with Gasteiger partial charge in [0.15, 0.2) is 0 Å². The molecule has 0 amide bonds. The number of hydrogen-bond acceptors (Lipinski definition) is 0. The second kappa shape index (κ2) is 17.0. The number of halogens is 21. The fraction of sp³-hybridized carbons (Fsp3) is 0.900. The molecule has 0 aliphatic heterocycles. The molecule has 1 radical (unpaired) electrons. The van der Waals surface area contributed by atoms with E-state index in [1.54, 1.807) is 0 Å². The second-order valence-corrected chi connectivity index (χ2v) is 63.0. The number of alkyl halides is 19. The van der Waals surface area contributed by atoms with Crippen molar-refractivity contribution in [3.05, 3.63) is 1.93 Å². The lowest BCUT2D eigenvalue weighted by molar-refractivity contribution is 0.667. The van der Waals surface area contributed by atoms with Crippen LogP contribution in [0.2, 0.25) is 0 Å².